The van der Waals surface area contributed by atoms with Crippen LogP contribution in [0, 0.1) is 5.92 Å². The van der Waals surface area contributed by atoms with E-state index in [0.29, 0.717) is 6.42 Å². The van der Waals surface area contributed by atoms with E-state index in [1.807, 2.05) is 0 Å². The Balaban J connectivity index is 3.79. The molecule has 0 aliphatic rings. The maximum absolute atomic E-state index is 11.3. The molecule has 0 N–H and O–H groups in total. The highest BCUT2D eigenvalue weighted by Gasteiger charge is 2.19. The van der Waals surface area contributed by atoms with Crippen molar-refractivity contribution in [3.63, 3.8) is 0 Å². The van der Waals surface area contributed by atoms with Gasteiger partial charge in [-0.2, -0.15) is 0 Å². The van der Waals surface area contributed by atoms with Gasteiger partial charge < -0.3 is 9.26 Å². The summed E-state index contributed by atoms with van der Waals surface area (Å²) in [7, 11) is 0. The summed E-state index contributed by atoms with van der Waals surface area (Å²) in [6.45, 7) is 5.31. The van der Waals surface area contributed by atoms with Crippen molar-refractivity contribution < 1.29 is 18.6 Å². The molecule has 0 heterocycles. The largest absolute Gasteiger partial charge is 0.463 e. The zero-order valence-electron chi connectivity index (χ0n) is 8.91. The number of hydrogen-bond acceptors (Lipinski definition) is 4. The van der Waals surface area contributed by atoms with Gasteiger partial charge in [-0.3, -0.25) is 9.36 Å². The van der Waals surface area contributed by atoms with Gasteiger partial charge in [0.2, 0.25) is 0 Å². The fraction of sp³-hybridized carbons (Fsp3) is 0.875. The third-order valence-electron chi connectivity index (χ3n) is 1.55. The molecule has 0 fully saturated rings. The molecule has 0 aliphatic heterocycles. The Hall–Kier alpha value is 0.240. The number of carbonyl (C=O) groups excluding carboxylic acids is 1. The van der Waals surface area contributed by atoms with Gasteiger partial charge in [0.25, 0.3) is 0 Å². The van der Waals surface area contributed by atoms with Gasteiger partial charge in [0, 0.05) is 0 Å². The summed E-state index contributed by atoms with van der Waals surface area (Å²) in [5.41, 5.74) is 0. The molecule has 0 saturated heterocycles. The Kier molecular flexibility index (Phi) is 6.85. The molecular weight excluding hydrogens is 262 g/mol. The second-order valence-electron chi connectivity index (χ2n) is 3.42. The van der Waals surface area contributed by atoms with Crippen molar-refractivity contribution in [1.29, 1.82) is 0 Å². The number of ether oxygens (including phenoxy) is 1. The first-order valence-corrected chi connectivity index (χ1v) is 8.00. The highest BCUT2D eigenvalue weighted by atomic mass is 35.9. The number of halogens is 2. The fourth-order valence-electron chi connectivity index (χ4n) is 0.802. The van der Waals surface area contributed by atoms with Crippen LogP contribution in [0.25, 0.3) is 0 Å². The van der Waals surface area contributed by atoms with Crippen LogP contribution in [0.3, 0.4) is 0 Å². The monoisotopic (exact) mass is 276 g/mol. The summed E-state index contributed by atoms with van der Waals surface area (Å²) in [6.07, 6.45) is -3.26. The van der Waals surface area contributed by atoms with E-state index < -0.39 is 6.07 Å². The summed E-state index contributed by atoms with van der Waals surface area (Å²) in [5.74, 6) is -0.639. The molecule has 7 heteroatoms. The van der Waals surface area contributed by atoms with Gasteiger partial charge in [-0.25, -0.2) is 0 Å². The minimum Gasteiger partial charge on any atom is -0.463 e. The Bertz CT molecular complexity index is 251. The molecule has 90 valence electrons. The average molecular weight is 277 g/mol. The first kappa shape index (κ1) is 15.2. The predicted molar refractivity (Wildman–Crippen MR) is 60.3 cm³/mol. The molecule has 0 amide bonds. The summed E-state index contributed by atoms with van der Waals surface area (Å²) < 4.78 is 20.3. The van der Waals surface area contributed by atoms with Crippen molar-refractivity contribution >= 4 is 34.5 Å². The third-order valence-corrected chi connectivity index (χ3v) is 2.62. The Morgan fingerprint density at radius 3 is 2.27 bits per heavy atom. The lowest BCUT2D eigenvalue weighted by atomic mass is 10.1. The van der Waals surface area contributed by atoms with Crippen molar-refractivity contribution in [1.82, 2.24) is 0 Å². The topological polar surface area (TPSA) is 52.6 Å². The lowest BCUT2D eigenvalue weighted by molar-refractivity contribution is -0.152. The molecule has 0 radical (unpaired) electrons. The predicted octanol–water partition coefficient (Wildman–Crippen LogP) is 3.57. The molecule has 0 aliphatic carbocycles. The molecule has 0 aromatic heterocycles. The number of hydrogen-bond donors (Lipinski definition) is 0. The molecule has 0 saturated carbocycles. The molecule has 0 unspecified atom stereocenters. The van der Waals surface area contributed by atoms with Crippen LogP contribution in [-0.2, 0) is 18.6 Å². The standard InChI is InChI=1S/C8H15Cl2O4P/c1-6(2)14-8(11)7(3)4-5-13-15(9,10)12/h6-7H,4-5H2,1-3H3/t7-/m1/s1. The van der Waals surface area contributed by atoms with Gasteiger partial charge in [0.1, 0.15) is 0 Å². The number of rotatable bonds is 6. The lowest BCUT2D eigenvalue weighted by Gasteiger charge is -2.13. The molecule has 0 bridgehead atoms. The third kappa shape index (κ3) is 9.19. The zero-order valence-corrected chi connectivity index (χ0v) is 11.3. The van der Waals surface area contributed by atoms with Crippen molar-refractivity contribution in [3.05, 3.63) is 0 Å². The summed E-state index contributed by atoms with van der Waals surface area (Å²) in [5, 5.41) is 0. The molecule has 0 spiro atoms. The first-order chi connectivity index (χ1) is 6.72. The normalized spacial score (nSPS) is 14.0. The van der Waals surface area contributed by atoms with Crippen molar-refractivity contribution in [2.45, 2.75) is 33.3 Å². The van der Waals surface area contributed by atoms with E-state index in [2.05, 4.69) is 4.52 Å². The summed E-state index contributed by atoms with van der Waals surface area (Å²) in [6, 6.07) is 0. The van der Waals surface area contributed by atoms with Crippen LogP contribution >= 0.6 is 28.6 Å². The molecular formula is C8H15Cl2O4P. The zero-order chi connectivity index (χ0) is 12.1. The first-order valence-electron chi connectivity index (χ1n) is 4.56. The average Bonchev–Trinajstić information content (AvgIpc) is 2.00. The Morgan fingerprint density at radius 2 is 1.87 bits per heavy atom. The quantitative estimate of drug-likeness (QED) is 0.550. The molecule has 15 heavy (non-hydrogen) atoms. The van der Waals surface area contributed by atoms with E-state index in [9.17, 15) is 9.36 Å². The van der Waals surface area contributed by atoms with E-state index in [0.717, 1.165) is 0 Å². The Labute approximate surface area is 99.2 Å². The minimum absolute atomic E-state index is 0.0681. The molecule has 0 aromatic carbocycles. The lowest BCUT2D eigenvalue weighted by Crippen LogP contribution is -2.19. The van der Waals surface area contributed by atoms with Crippen molar-refractivity contribution in [2.24, 2.45) is 5.92 Å². The molecule has 0 rings (SSSR count). The highest BCUT2D eigenvalue weighted by molar-refractivity contribution is 8.05. The van der Waals surface area contributed by atoms with Crippen LogP contribution < -0.4 is 0 Å². The number of carbonyl (C=O) groups is 1. The summed E-state index contributed by atoms with van der Waals surface area (Å²) in [4.78, 5) is 11.3. The fourth-order valence-corrected chi connectivity index (χ4v) is 1.53. The van der Waals surface area contributed by atoms with E-state index >= 15 is 0 Å². The van der Waals surface area contributed by atoms with Crippen molar-refractivity contribution in [2.75, 3.05) is 6.61 Å². The van der Waals surface area contributed by atoms with Gasteiger partial charge in [0.15, 0.2) is 0 Å². The highest BCUT2D eigenvalue weighted by Crippen LogP contribution is 2.57. The van der Waals surface area contributed by atoms with Gasteiger partial charge >= 0.3 is 12.0 Å². The molecule has 0 aromatic rings. The second kappa shape index (κ2) is 6.74. The van der Waals surface area contributed by atoms with Gasteiger partial charge in [-0.05, 0) is 42.7 Å². The smallest absolute Gasteiger partial charge is 0.380 e. The van der Waals surface area contributed by atoms with Crippen LogP contribution in [0.1, 0.15) is 27.2 Å². The SMILES string of the molecule is CC(C)OC(=O)[C@H](C)CCOP(=O)(Cl)Cl. The maximum Gasteiger partial charge on any atom is 0.380 e. The maximum atomic E-state index is 11.3. The summed E-state index contributed by atoms with van der Waals surface area (Å²) >= 11 is 10.3. The number of esters is 1. The van der Waals surface area contributed by atoms with Crippen LogP contribution in [0.4, 0.5) is 0 Å². The molecule has 1 atom stereocenters. The van der Waals surface area contributed by atoms with E-state index in [1.165, 1.54) is 0 Å². The Morgan fingerprint density at radius 1 is 1.33 bits per heavy atom. The van der Waals surface area contributed by atoms with Crippen LogP contribution in [0.5, 0.6) is 0 Å². The van der Waals surface area contributed by atoms with Gasteiger partial charge in [-0.1, -0.05) is 6.92 Å². The van der Waals surface area contributed by atoms with Gasteiger partial charge in [0.05, 0.1) is 18.6 Å². The van der Waals surface area contributed by atoms with E-state index in [1.54, 1.807) is 20.8 Å². The molecule has 4 nitrogen and oxygen atoms in total. The second-order valence-corrected chi connectivity index (χ2v) is 7.70. The van der Waals surface area contributed by atoms with Crippen LogP contribution in [0.15, 0.2) is 0 Å². The van der Waals surface area contributed by atoms with Crippen LogP contribution in [-0.4, -0.2) is 18.7 Å². The van der Waals surface area contributed by atoms with Crippen molar-refractivity contribution in [3.8, 4) is 0 Å². The van der Waals surface area contributed by atoms with Gasteiger partial charge in [-0.15, -0.1) is 0 Å². The minimum atomic E-state index is -3.49. The van der Waals surface area contributed by atoms with E-state index in [-0.39, 0.29) is 24.6 Å². The van der Waals surface area contributed by atoms with E-state index in [4.69, 9.17) is 27.2 Å². The van der Waals surface area contributed by atoms with Crippen LogP contribution in [0.2, 0.25) is 0 Å².